The van der Waals surface area contributed by atoms with Gasteiger partial charge in [-0.1, -0.05) is 27.7 Å². The van der Waals surface area contributed by atoms with Gasteiger partial charge >= 0.3 is 0 Å². The number of nitrogens with one attached hydrogen (secondary N) is 2. The van der Waals surface area contributed by atoms with Gasteiger partial charge in [0.05, 0.1) is 6.10 Å². The summed E-state index contributed by atoms with van der Waals surface area (Å²) in [4.78, 5) is 6.90. The number of methoxy groups -OCH3 is 1. The first kappa shape index (κ1) is 22.9. The average molecular weight is 440 g/mol. The molecule has 0 aliphatic carbocycles. The Labute approximate surface area is 160 Å². The zero-order valence-electron chi connectivity index (χ0n) is 15.8. The summed E-state index contributed by atoms with van der Waals surface area (Å²) in [6, 6.07) is 0.523. The molecule has 0 saturated carbocycles. The molecule has 0 aromatic carbocycles. The van der Waals surface area contributed by atoms with Gasteiger partial charge in [-0.3, -0.25) is 4.99 Å². The van der Waals surface area contributed by atoms with E-state index in [2.05, 4.69) is 48.2 Å². The molecule has 0 amide bonds. The Kier molecular flexibility index (Phi) is 11.4. The van der Waals surface area contributed by atoms with Gasteiger partial charge in [0.1, 0.15) is 0 Å². The standard InChI is InChI=1S/C17H36N4O.HI/c1-7-10-21-11-8-14(9-12-21)20-16(18-5)19-13-15(22-6)17(2,3)4;/h14-15H,7-13H2,1-6H3,(H2,18,19,20);1H. The summed E-state index contributed by atoms with van der Waals surface area (Å²) in [7, 11) is 3.61. The predicted octanol–water partition coefficient (Wildman–Crippen LogP) is 2.70. The summed E-state index contributed by atoms with van der Waals surface area (Å²) in [5.74, 6) is 0.889. The lowest BCUT2D eigenvalue weighted by Crippen LogP contribution is -2.51. The Bertz CT molecular complexity index is 336. The van der Waals surface area contributed by atoms with Crippen molar-refractivity contribution in [1.82, 2.24) is 15.5 Å². The minimum Gasteiger partial charge on any atom is -0.379 e. The van der Waals surface area contributed by atoms with Crippen molar-refractivity contribution in [2.75, 3.05) is 40.3 Å². The zero-order chi connectivity index (χ0) is 16.6. The van der Waals surface area contributed by atoms with Crippen molar-refractivity contribution in [2.45, 2.75) is 59.1 Å². The lowest BCUT2D eigenvalue weighted by molar-refractivity contribution is 0.0204. The highest BCUT2D eigenvalue weighted by Gasteiger charge is 2.25. The molecule has 1 rings (SSSR count). The number of guanidine groups is 1. The quantitative estimate of drug-likeness (QED) is 0.379. The molecule has 2 N–H and O–H groups in total. The SMILES string of the molecule is CCCN1CCC(NC(=NC)NCC(OC)C(C)(C)C)CC1.I. The Morgan fingerprint density at radius 2 is 1.91 bits per heavy atom. The van der Waals surface area contributed by atoms with E-state index in [1.807, 2.05) is 7.05 Å². The van der Waals surface area contributed by atoms with Crippen LogP contribution in [-0.4, -0.2) is 63.3 Å². The maximum atomic E-state index is 5.59. The normalized spacial score (nSPS) is 19.1. The van der Waals surface area contributed by atoms with Gasteiger partial charge in [0.25, 0.3) is 0 Å². The number of rotatable bonds is 6. The first-order chi connectivity index (χ1) is 10.4. The third-order valence-electron chi connectivity index (χ3n) is 4.40. The molecule has 6 heteroatoms. The molecule has 1 saturated heterocycles. The molecule has 0 spiro atoms. The minimum atomic E-state index is 0. The van der Waals surface area contributed by atoms with Crippen molar-refractivity contribution >= 4 is 29.9 Å². The smallest absolute Gasteiger partial charge is 0.191 e. The second kappa shape index (κ2) is 11.5. The Morgan fingerprint density at radius 3 is 2.35 bits per heavy atom. The largest absolute Gasteiger partial charge is 0.379 e. The third-order valence-corrected chi connectivity index (χ3v) is 4.40. The van der Waals surface area contributed by atoms with Gasteiger partial charge in [-0.25, -0.2) is 0 Å². The molecule has 1 unspecified atom stereocenters. The molecular formula is C17H37IN4O. The van der Waals surface area contributed by atoms with Crippen molar-refractivity contribution in [3.63, 3.8) is 0 Å². The molecule has 1 aliphatic heterocycles. The van der Waals surface area contributed by atoms with Gasteiger partial charge in [0, 0.05) is 39.8 Å². The highest BCUT2D eigenvalue weighted by Crippen LogP contribution is 2.20. The van der Waals surface area contributed by atoms with Crippen molar-refractivity contribution < 1.29 is 4.74 Å². The van der Waals surface area contributed by atoms with Crippen LogP contribution in [0.5, 0.6) is 0 Å². The van der Waals surface area contributed by atoms with Gasteiger partial charge in [-0.15, -0.1) is 24.0 Å². The highest BCUT2D eigenvalue weighted by atomic mass is 127. The lowest BCUT2D eigenvalue weighted by Gasteiger charge is -2.34. The summed E-state index contributed by atoms with van der Waals surface area (Å²) < 4.78 is 5.59. The first-order valence-corrected chi connectivity index (χ1v) is 8.63. The average Bonchev–Trinajstić information content (AvgIpc) is 2.47. The molecule has 0 aromatic heterocycles. The Hall–Kier alpha value is -0.0800. The first-order valence-electron chi connectivity index (χ1n) is 8.63. The van der Waals surface area contributed by atoms with Gasteiger partial charge in [-0.05, 0) is 31.2 Å². The van der Waals surface area contributed by atoms with Crippen LogP contribution in [0.15, 0.2) is 4.99 Å². The minimum absolute atomic E-state index is 0. The summed E-state index contributed by atoms with van der Waals surface area (Å²) in [5, 5.41) is 6.97. The Balaban J connectivity index is 0.00000484. The molecule has 0 bridgehead atoms. The number of aliphatic imine (C=N–C) groups is 1. The van der Waals surface area contributed by atoms with Crippen LogP contribution in [0.25, 0.3) is 0 Å². The molecule has 5 nitrogen and oxygen atoms in total. The number of ether oxygens (including phenoxy) is 1. The maximum Gasteiger partial charge on any atom is 0.191 e. The topological polar surface area (TPSA) is 48.9 Å². The van der Waals surface area contributed by atoms with Crippen LogP contribution in [0.3, 0.4) is 0 Å². The van der Waals surface area contributed by atoms with Crippen molar-refractivity contribution in [2.24, 2.45) is 10.4 Å². The van der Waals surface area contributed by atoms with Gasteiger partial charge in [0.15, 0.2) is 5.96 Å². The van der Waals surface area contributed by atoms with Crippen molar-refractivity contribution in [1.29, 1.82) is 0 Å². The van der Waals surface area contributed by atoms with E-state index in [0.717, 1.165) is 12.5 Å². The van der Waals surface area contributed by atoms with Crippen molar-refractivity contribution in [3.8, 4) is 0 Å². The fourth-order valence-electron chi connectivity index (χ4n) is 2.94. The van der Waals surface area contributed by atoms with Gasteiger partial charge in [0.2, 0.25) is 0 Å². The summed E-state index contributed by atoms with van der Waals surface area (Å²) in [5.41, 5.74) is 0.117. The fourth-order valence-corrected chi connectivity index (χ4v) is 2.94. The van der Waals surface area contributed by atoms with E-state index in [-0.39, 0.29) is 35.5 Å². The van der Waals surface area contributed by atoms with E-state index in [1.54, 1.807) is 7.11 Å². The molecule has 0 radical (unpaired) electrons. The van der Waals surface area contributed by atoms with Crippen LogP contribution in [0.1, 0.15) is 47.0 Å². The van der Waals surface area contributed by atoms with Crippen LogP contribution in [0.2, 0.25) is 0 Å². The number of piperidine rings is 1. The molecule has 1 atom stereocenters. The highest BCUT2D eigenvalue weighted by molar-refractivity contribution is 14.0. The number of halogens is 1. The summed E-state index contributed by atoms with van der Waals surface area (Å²) >= 11 is 0. The predicted molar refractivity (Wildman–Crippen MR) is 110 cm³/mol. The van der Waals surface area contributed by atoms with E-state index in [4.69, 9.17) is 4.74 Å². The van der Waals surface area contributed by atoms with Crippen LogP contribution in [0, 0.1) is 5.41 Å². The third kappa shape index (κ3) is 8.54. The number of likely N-dealkylation sites (tertiary alicyclic amines) is 1. The molecule has 138 valence electrons. The van der Waals surface area contributed by atoms with Crippen LogP contribution in [0.4, 0.5) is 0 Å². The lowest BCUT2D eigenvalue weighted by atomic mass is 9.89. The van der Waals surface area contributed by atoms with Crippen molar-refractivity contribution in [3.05, 3.63) is 0 Å². The van der Waals surface area contributed by atoms with E-state index in [9.17, 15) is 0 Å². The number of nitrogens with zero attached hydrogens (tertiary/aromatic N) is 2. The van der Waals surface area contributed by atoms with Crippen LogP contribution < -0.4 is 10.6 Å². The monoisotopic (exact) mass is 440 g/mol. The number of hydrogen-bond donors (Lipinski definition) is 2. The zero-order valence-corrected chi connectivity index (χ0v) is 18.1. The maximum absolute atomic E-state index is 5.59. The molecule has 0 aromatic rings. The summed E-state index contributed by atoms with van der Waals surface area (Å²) in [6.07, 6.45) is 3.78. The van der Waals surface area contributed by atoms with E-state index in [0.29, 0.717) is 6.04 Å². The van der Waals surface area contributed by atoms with Gasteiger partial charge in [-0.2, -0.15) is 0 Å². The summed E-state index contributed by atoms with van der Waals surface area (Å²) in [6.45, 7) is 13.2. The molecule has 1 heterocycles. The molecular weight excluding hydrogens is 403 g/mol. The molecule has 1 aliphatic rings. The van der Waals surface area contributed by atoms with E-state index >= 15 is 0 Å². The fraction of sp³-hybridized carbons (Fsp3) is 0.941. The van der Waals surface area contributed by atoms with E-state index < -0.39 is 0 Å². The Morgan fingerprint density at radius 1 is 1.30 bits per heavy atom. The molecule has 23 heavy (non-hydrogen) atoms. The number of hydrogen-bond acceptors (Lipinski definition) is 3. The van der Waals surface area contributed by atoms with E-state index in [1.165, 1.54) is 38.9 Å². The van der Waals surface area contributed by atoms with Crippen LogP contribution >= 0.6 is 24.0 Å². The molecule has 1 fully saturated rings. The second-order valence-corrected chi connectivity index (χ2v) is 7.30. The second-order valence-electron chi connectivity index (χ2n) is 7.30. The van der Waals surface area contributed by atoms with Crippen LogP contribution in [-0.2, 0) is 4.74 Å². The van der Waals surface area contributed by atoms with Gasteiger partial charge < -0.3 is 20.3 Å².